The largest absolute Gasteiger partial charge is 0.477 e. The minimum Gasteiger partial charge on any atom is -0.477 e. The molecule has 2 unspecified atom stereocenters. The minimum absolute atomic E-state index is 0.0425. The average Bonchev–Trinajstić information content (AvgIpc) is 3.28. The van der Waals surface area contributed by atoms with Crippen LogP contribution in [0.25, 0.3) is 0 Å². The lowest BCUT2D eigenvalue weighted by Crippen LogP contribution is -2.50. The average molecular weight is 921 g/mol. The van der Waals surface area contributed by atoms with E-state index in [0.717, 1.165) is 96.3 Å². The maximum absolute atomic E-state index is 12.8. The molecule has 0 amide bonds. The maximum Gasteiger partial charge on any atom is 0.362 e. The Hall–Kier alpha value is -3.75. The Labute approximate surface area is 405 Å². The second-order valence-corrected chi connectivity index (χ2v) is 18.4. The number of unbranched alkanes of at least 4 members (excludes halogenated alkanes) is 16. The van der Waals surface area contributed by atoms with E-state index in [1.165, 1.54) is 70.6 Å². The first kappa shape index (κ1) is 62.2. The molecule has 0 spiro atoms. The normalized spacial score (nSPS) is 13.7. The van der Waals surface area contributed by atoms with E-state index in [9.17, 15) is 19.5 Å². The molecule has 0 aliphatic heterocycles. The lowest BCUT2D eigenvalue weighted by atomic mass is 10.0. The van der Waals surface area contributed by atoms with Crippen LogP contribution in [0.15, 0.2) is 97.2 Å². The van der Waals surface area contributed by atoms with E-state index in [-0.39, 0.29) is 42.7 Å². The topological polar surface area (TPSA) is 99.1 Å². The molecule has 66 heavy (non-hydrogen) atoms. The highest BCUT2D eigenvalue weighted by Gasteiger charge is 2.31. The molecule has 0 rings (SSSR count). The second kappa shape index (κ2) is 47.7. The quantitative estimate of drug-likeness (QED) is 0.0281. The summed E-state index contributed by atoms with van der Waals surface area (Å²) in [5.41, 5.74) is 0. The standard InChI is InChI=1S/C58H97NO7/c1-6-8-10-12-14-16-18-20-22-24-26-27-28-29-31-32-34-36-38-40-42-44-46-48-56(60)65-53-54(52-64-51-50-55(58(62)63)59(3,4)5)66-57(61)49-47-45-43-41-39-37-35-33-30-25-23-21-19-17-15-13-11-9-7-2/h8-11,14-17,20-23,30,33,37,39,54-55H,6-7,12-13,18-19,24-29,31-32,34-36,38,40-53H2,1-5H3/p+1/b10-8+,11-9+,16-14+,17-15+,22-20+,23-21+,33-30+,39-37+. The van der Waals surface area contributed by atoms with Gasteiger partial charge in [0.2, 0.25) is 0 Å². The van der Waals surface area contributed by atoms with Crippen LogP contribution in [0.1, 0.15) is 200 Å². The molecule has 0 aliphatic carbocycles. The number of likely N-dealkylation sites (N-methyl/N-ethyl adjacent to an activating group) is 1. The highest BCUT2D eigenvalue weighted by Crippen LogP contribution is 2.15. The van der Waals surface area contributed by atoms with E-state index in [0.29, 0.717) is 12.8 Å². The zero-order chi connectivity index (χ0) is 48.4. The molecule has 8 heteroatoms. The molecule has 0 aromatic carbocycles. The van der Waals surface area contributed by atoms with Crippen LogP contribution >= 0.6 is 0 Å². The number of carboxylic acids is 1. The van der Waals surface area contributed by atoms with Crippen molar-refractivity contribution in [3.8, 4) is 0 Å². The van der Waals surface area contributed by atoms with Gasteiger partial charge in [-0.2, -0.15) is 0 Å². The van der Waals surface area contributed by atoms with Crippen LogP contribution in [0, 0.1) is 0 Å². The number of carbonyl (C=O) groups is 3. The summed E-state index contributed by atoms with van der Waals surface area (Å²) >= 11 is 0. The van der Waals surface area contributed by atoms with E-state index in [2.05, 4.69) is 111 Å². The molecule has 0 fully saturated rings. The first-order valence-corrected chi connectivity index (χ1v) is 26.3. The van der Waals surface area contributed by atoms with Crippen molar-refractivity contribution in [3.05, 3.63) is 97.2 Å². The van der Waals surface area contributed by atoms with E-state index in [4.69, 9.17) is 14.2 Å². The van der Waals surface area contributed by atoms with Crippen LogP contribution in [0.5, 0.6) is 0 Å². The van der Waals surface area contributed by atoms with Crippen LogP contribution < -0.4 is 0 Å². The monoisotopic (exact) mass is 921 g/mol. The molecule has 0 heterocycles. The molecule has 0 aliphatic rings. The molecule has 376 valence electrons. The molecule has 0 saturated carbocycles. The molecule has 0 saturated heterocycles. The van der Waals surface area contributed by atoms with Gasteiger partial charge in [0.1, 0.15) is 6.61 Å². The Morgan fingerprint density at radius 2 is 0.803 bits per heavy atom. The highest BCUT2D eigenvalue weighted by molar-refractivity contribution is 5.72. The third-order valence-corrected chi connectivity index (χ3v) is 11.2. The van der Waals surface area contributed by atoms with Gasteiger partial charge >= 0.3 is 17.9 Å². The van der Waals surface area contributed by atoms with E-state index in [1.807, 2.05) is 21.1 Å². The van der Waals surface area contributed by atoms with Crippen LogP contribution in [-0.2, 0) is 28.6 Å². The van der Waals surface area contributed by atoms with Crippen molar-refractivity contribution in [2.75, 3.05) is 41.0 Å². The van der Waals surface area contributed by atoms with Gasteiger partial charge in [-0.3, -0.25) is 9.59 Å². The van der Waals surface area contributed by atoms with Crippen LogP contribution in [0.3, 0.4) is 0 Å². The summed E-state index contributed by atoms with van der Waals surface area (Å²) in [6, 6.07) is -0.627. The Morgan fingerprint density at radius 3 is 1.20 bits per heavy atom. The first-order chi connectivity index (χ1) is 32.1. The number of allylic oxidation sites excluding steroid dienone is 16. The number of carboxylic acid groups (broad SMARTS) is 1. The fourth-order valence-electron chi connectivity index (χ4n) is 7.25. The predicted octanol–water partition coefficient (Wildman–Crippen LogP) is 15.4. The second-order valence-electron chi connectivity index (χ2n) is 18.4. The van der Waals surface area contributed by atoms with Crippen molar-refractivity contribution in [1.29, 1.82) is 0 Å². The smallest absolute Gasteiger partial charge is 0.362 e. The molecule has 0 radical (unpaired) electrons. The molecule has 2 atom stereocenters. The lowest BCUT2D eigenvalue weighted by Gasteiger charge is -2.31. The lowest BCUT2D eigenvalue weighted by molar-refractivity contribution is -0.887. The van der Waals surface area contributed by atoms with Gasteiger partial charge in [0.15, 0.2) is 12.1 Å². The molecular formula is C58H98NO7+. The van der Waals surface area contributed by atoms with Crippen molar-refractivity contribution in [2.24, 2.45) is 0 Å². The van der Waals surface area contributed by atoms with Gasteiger partial charge in [0.25, 0.3) is 0 Å². The highest BCUT2D eigenvalue weighted by atomic mass is 16.6. The summed E-state index contributed by atoms with van der Waals surface area (Å²) in [5.74, 6) is -1.52. The van der Waals surface area contributed by atoms with Crippen LogP contribution in [-0.4, -0.2) is 80.6 Å². The zero-order valence-corrected chi connectivity index (χ0v) is 42.9. The zero-order valence-electron chi connectivity index (χ0n) is 42.9. The number of esters is 2. The summed E-state index contributed by atoms with van der Waals surface area (Å²) in [6.45, 7) is 4.48. The van der Waals surface area contributed by atoms with Gasteiger partial charge in [-0.15, -0.1) is 0 Å². The summed E-state index contributed by atoms with van der Waals surface area (Å²) < 4.78 is 17.3. The molecule has 0 aromatic heterocycles. The van der Waals surface area contributed by atoms with Crippen molar-refractivity contribution in [2.45, 2.75) is 212 Å². The molecular weight excluding hydrogens is 823 g/mol. The van der Waals surface area contributed by atoms with Gasteiger partial charge in [0.05, 0.1) is 34.4 Å². The fraction of sp³-hybridized carbons (Fsp3) is 0.672. The van der Waals surface area contributed by atoms with Gasteiger partial charge in [-0.1, -0.05) is 188 Å². The third-order valence-electron chi connectivity index (χ3n) is 11.2. The summed E-state index contributed by atoms with van der Waals surface area (Å²) in [5, 5.41) is 9.66. The van der Waals surface area contributed by atoms with Crippen molar-refractivity contribution in [3.63, 3.8) is 0 Å². The Morgan fingerprint density at radius 1 is 0.455 bits per heavy atom. The van der Waals surface area contributed by atoms with Crippen LogP contribution in [0.2, 0.25) is 0 Å². The molecule has 0 aromatic rings. The van der Waals surface area contributed by atoms with Crippen molar-refractivity contribution >= 4 is 17.9 Å². The number of aliphatic carboxylic acids is 1. The number of hydrogen-bond acceptors (Lipinski definition) is 6. The molecule has 0 bridgehead atoms. The first-order valence-electron chi connectivity index (χ1n) is 26.3. The Kier molecular flexibility index (Phi) is 45.0. The number of ether oxygens (including phenoxy) is 3. The molecule has 1 N–H and O–H groups in total. The number of nitrogens with zero attached hydrogens (tertiary/aromatic N) is 1. The summed E-state index contributed by atoms with van der Waals surface area (Å²) in [6.07, 6.45) is 64.6. The van der Waals surface area contributed by atoms with E-state index < -0.39 is 18.1 Å². The Bertz CT molecular complexity index is 1400. The number of carbonyl (C=O) groups excluding carboxylic acids is 2. The predicted molar refractivity (Wildman–Crippen MR) is 279 cm³/mol. The van der Waals surface area contributed by atoms with Gasteiger partial charge in [-0.25, -0.2) is 4.79 Å². The maximum atomic E-state index is 12.8. The minimum atomic E-state index is -0.883. The SMILES string of the molecule is CC/C=C/C/C=C/C/C=C/C/C=C/C/C=C/CCCCCC(=O)OC(COCCC(C(=O)O)[N+](C)(C)C)COC(=O)CCCCCCCCCCCCCCC/C=C/C/C=C/C/C=C/CC. The summed E-state index contributed by atoms with van der Waals surface area (Å²) in [4.78, 5) is 37.2. The van der Waals surface area contributed by atoms with Gasteiger partial charge in [-0.05, 0) is 89.9 Å². The fourth-order valence-corrected chi connectivity index (χ4v) is 7.25. The number of quaternary nitrogens is 1. The van der Waals surface area contributed by atoms with Crippen molar-refractivity contribution < 1.29 is 38.2 Å². The van der Waals surface area contributed by atoms with Gasteiger partial charge in [0, 0.05) is 19.3 Å². The summed E-state index contributed by atoms with van der Waals surface area (Å²) in [7, 11) is 5.52. The Balaban J connectivity index is 4.27. The molecule has 8 nitrogen and oxygen atoms in total. The van der Waals surface area contributed by atoms with E-state index in [1.54, 1.807) is 0 Å². The van der Waals surface area contributed by atoms with Crippen LogP contribution in [0.4, 0.5) is 0 Å². The van der Waals surface area contributed by atoms with Crippen molar-refractivity contribution in [1.82, 2.24) is 0 Å². The number of hydrogen-bond donors (Lipinski definition) is 1. The third kappa shape index (κ3) is 45.4. The number of rotatable bonds is 46. The van der Waals surface area contributed by atoms with Gasteiger partial charge < -0.3 is 23.8 Å². The van der Waals surface area contributed by atoms with E-state index >= 15 is 0 Å².